The molecule has 0 saturated carbocycles. The predicted octanol–water partition coefficient (Wildman–Crippen LogP) is 6.26. The molecule has 10 heteroatoms. The van der Waals surface area contributed by atoms with E-state index >= 15 is 4.39 Å². The van der Waals surface area contributed by atoms with E-state index in [0.717, 1.165) is 6.07 Å². The molecule has 0 aliphatic heterocycles. The third-order valence-corrected chi connectivity index (χ3v) is 6.97. The maximum Gasteiger partial charge on any atom is 0.416 e. The summed E-state index contributed by atoms with van der Waals surface area (Å²) in [7, 11) is -2.88. The number of nitrogens with zero attached hydrogens (tertiary/aromatic N) is 2. The molecule has 2 aromatic carbocycles. The van der Waals surface area contributed by atoms with E-state index in [1.54, 1.807) is 46.2 Å². The van der Waals surface area contributed by atoms with Crippen molar-refractivity contribution < 1.29 is 22.1 Å². The molecular weight excluding hydrogens is 455 g/mol. The van der Waals surface area contributed by atoms with Crippen LogP contribution in [0.15, 0.2) is 24.3 Å². The number of rotatable bonds is 6. The highest BCUT2D eigenvalue weighted by molar-refractivity contribution is 7.70. The Morgan fingerprint density at radius 3 is 2.39 bits per heavy atom. The highest BCUT2D eigenvalue weighted by Crippen LogP contribution is 2.42. The second-order valence-electron chi connectivity index (χ2n) is 8.37. The number of nitrogens with one attached hydrogen (secondary N) is 2. The van der Waals surface area contributed by atoms with E-state index in [0.29, 0.717) is 28.6 Å². The lowest BCUT2D eigenvalue weighted by molar-refractivity contribution is -0.138. The Bertz CT molecular complexity index is 1250. The first kappa shape index (κ1) is 25.0. The van der Waals surface area contributed by atoms with Gasteiger partial charge in [0.25, 0.3) is 0 Å². The Kier molecular flexibility index (Phi) is 6.76. The van der Waals surface area contributed by atoms with Gasteiger partial charge in [-0.25, -0.2) is 14.4 Å². The van der Waals surface area contributed by atoms with Gasteiger partial charge in [0.2, 0.25) is 0 Å². The van der Waals surface area contributed by atoms with E-state index in [-0.39, 0.29) is 22.6 Å². The van der Waals surface area contributed by atoms with E-state index < -0.39 is 30.7 Å². The number of alkyl halides is 3. The van der Waals surface area contributed by atoms with Gasteiger partial charge in [-0.15, -0.1) is 0 Å². The summed E-state index contributed by atoms with van der Waals surface area (Å²) in [5, 5.41) is 6.71. The van der Waals surface area contributed by atoms with Gasteiger partial charge < -0.3 is 15.2 Å². The lowest BCUT2D eigenvalue weighted by Gasteiger charge is -2.22. The fourth-order valence-electron chi connectivity index (χ4n) is 3.92. The lowest BCUT2D eigenvalue weighted by Crippen LogP contribution is -2.17. The zero-order valence-corrected chi connectivity index (χ0v) is 20.3. The van der Waals surface area contributed by atoms with Crippen LogP contribution in [0.4, 0.5) is 29.1 Å². The number of fused-ring (bicyclic) bond motifs is 1. The Hall–Kier alpha value is -2.67. The van der Waals surface area contributed by atoms with Crippen LogP contribution in [0.3, 0.4) is 0 Å². The van der Waals surface area contributed by atoms with E-state index in [1.807, 2.05) is 0 Å². The van der Waals surface area contributed by atoms with Crippen molar-refractivity contribution in [2.45, 2.75) is 39.9 Å². The average Bonchev–Trinajstić information content (AvgIpc) is 2.68. The molecule has 0 fully saturated rings. The maximum absolute atomic E-state index is 15.5. The van der Waals surface area contributed by atoms with Gasteiger partial charge in [0, 0.05) is 17.2 Å². The number of benzene rings is 2. The molecule has 0 spiro atoms. The third-order valence-electron chi connectivity index (χ3n) is 5.46. The van der Waals surface area contributed by atoms with Crippen molar-refractivity contribution in [2.75, 3.05) is 30.5 Å². The number of hydrogen-bond donors (Lipinski definition) is 2. The minimum absolute atomic E-state index is 0.0473. The Labute approximate surface area is 190 Å². The number of hydrogen-bond acceptors (Lipinski definition) is 5. The van der Waals surface area contributed by atoms with Crippen LogP contribution in [-0.4, -0.2) is 29.8 Å². The van der Waals surface area contributed by atoms with Crippen molar-refractivity contribution in [1.29, 1.82) is 0 Å². The van der Waals surface area contributed by atoms with Gasteiger partial charge in [-0.05, 0) is 64.3 Å². The molecule has 3 rings (SSSR count). The SMILES string of the molecule is CCNc1c(P(C)(C)=O)cc2c(N[C@H](C)c3cccc(C(F)(F)F)c3C)nc(C)nc2c1F. The van der Waals surface area contributed by atoms with Gasteiger partial charge in [0.15, 0.2) is 5.82 Å². The van der Waals surface area contributed by atoms with Crippen LogP contribution in [0, 0.1) is 19.7 Å². The molecule has 1 atom stereocenters. The van der Waals surface area contributed by atoms with Crippen LogP contribution >= 0.6 is 7.14 Å². The highest BCUT2D eigenvalue weighted by atomic mass is 31.2. The van der Waals surface area contributed by atoms with Gasteiger partial charge in [-0.2, -0.15) is 13.2 Å². The molecule has 0 bridgehead atoms. The summed E-state index contributed by atoms with van der Waals surface area (Å²) in [4.78, 5) is 8.63. The second-order valence-corrected chi connectivity index (χ2v) is 11.5. The van der Waals surface area contributed by atoms with Crippen molar-refractivity contribution in [2.24, 2.45) is 0 Å². The first-order chi connectivity index (χ1) is 15.3. The Balaban J connectivity index is 2.18. The minimum atomic E-state index is -4.47. The monoisotopic (exact) mass is 482 g/mol. The molecule has 1 aromatic heterocycles. The van der Waals surface area contributed by atoms with E-state index in [2.05, 4.69) is 20.6 Å². The van der Waals surface area contributed by atoms with Gasteiger partial charge in [-0.1, -0.05) is 12.1 Å². The average molecular weight is 482 g/mol. The zero-order chi connectivity index (χ0) is 24.7. The van der Waals surface area contributed by atoms with Crippen molar-refractivity contribution >= 4 is 34.9 Å². The summed E-state index contributed by atoms with van der Waals surface area (Å²) in [5.41, 5.74) is 0.0259. The molecule has 1 heterocycles. The van der Waals surface area contributed by atoms with Crippen molar-refractivity contribution in [1.82, 2.24) is 9.97 Å². The number of aromatic nitrogens is 2. The van der Waals surface area contributed by atoms with Gasteiger partial charge in [0.1, 0.15) is 24.3 Å². The second kappa shape index (κ2) is 8.93. The standard InChI is InChI=1S/C23H27F4N4OP/c1-7-28-21-18(33(5,6)32)11-16-20(19(21)24)30-14(4)31-22(16)29-13(3)15-9-8-10-17(12(15)2)23(25,26)27/h8-11,13,28H,7H2,1-6H3,(H,29,30,31)/t13-/m1/s1. The number of halogens is 4. The molecule has 0 amide bonds. The summed E-state index contributed by atoms with van der Waals surface area (Å²) >= 11 is 0. The summed E-state index contributed by atoms with van der Waals surface area (Å²) in [5.74, 6) is -0.0774. The Morgan fingerprint density at radius 1 is 1.15 bits per heavy atom. The predicted molar refractivity (Wildman–Crippen MR) is 126 cm³/mol. The normalized spacial score (nSPS) is 13.3. The molecular formula is C23H27F4N4OP. The maximum atomic E-state index is 15.5. The fourth-order valence-corrected chi connectivity index (χ4v) is 5.07. The topological polar surface area (TPSA) is 66.9 Å². The highest BCUT2D eigenvalue weighted by Gasteiger charge is 2.33. The van der Waals surface area contributed by atoms with Gasteiger partial charge in [-0.3, -0.25) is 0 Å². The molecule has 0 saturated heterocycles. The molecule has 2 N–H and O–H groups in total. The van der Waals surface area contributed by atoms with Crippen LogP contribution in [0.5, 0.6) is 0 Å². The molecule has 33 heavy (non-hydrogen) atoms. The van der Waals surface area contributed by atoms with Crippen LogP contribution < -0.4 is 15.9 Å². The molecule has 3 aromatic rings. The largest absolute Gasteiger partial charge is 0.416 e. The molecule has 178 valence electrons. The van der Waals surface area contributed by atoms with Crippen molar-refractivity contribution in [3.63, 3.8) is 0 Å². The minimum Gasteiger partial charge on any atom is -0.382 e. The first-order valence-corrected chi connectivity index (χ1v) is 13.1. The van der Waals surface area contributed by atoms with Crippen LogP contribution in [0.2, 0.25) is 0 Å². The van der Waals surface area contributed by atoms with Gasteiger partial charge in [0.05, 0.1) is 17.3 Å². The van der Waals surface area contributed by atoms with Crippen LogP contribution in [-0.2, 0) is 10.7 Å². The summed E-state index contributed by atoms with van der Waals surface area (Å²) in [6, 6.07) is 5.04. The number of anilines is 2. The third kappa shape index (κ3) is 4.98. The summed E-state index contributed by atoms with van der Waals surface area (Å²) in [6.07, 6.45) is -4.47. The first-order valence-electron chi connectivity index (χ1n) is 10.5. The lowest BCUT2D eigenvalue weighted by atomic mass is 9.97. The zero-order valence-electron chi connectivity index (χ0n) is 19.4. The van der Waals surface area contributed by atoms with Crippen LogP contribution in [0.1, 0.15) is 42.4 Å². The van der Waals surface area contributed by atoms with E-state index in [4.69, 9.17) is 0 Å². The molecule has 0 aliphatic rings. The van der Waals surface area contributed by atoms with E-state index in [9.17, 15) is 17.7 Å². The fraction of sp³-hybridized carbons (Fsp3) is 0.391. The Morgan fingerprint density at radius 2 is 1.82 bits per heavy atom. The quantitative estimate of drug-likeness (QED) is 0.321. The molecule has 0 unspecified atom stereocenters. The smallest absolute Gasteiger partial charge is 0.382 e. The van der Waals surface area contributed by atoms with Crippen molar-refractivity contribution in [3.05, 3.63) is 52.6 Å². The molecule has 0 radical (unpaired) electrons. The van der Waals surface area contributed by atoms with Crippen LogP contribution in [0.25, 0.3) is 10.9 Å². The van der Waals surface area contributed by atoms with Crippen molar-refractivity contribution in [3.8, 4) is 0 Å². The molecule has 5 nitrogen and oxygen atoms in total. The summed E-state index contributed by atoms with van der Waals surface area (Å²) in [6.45, 7) is 10.1. The summed E-state index contributed by atoms with van der Waals surface area (Å²) < 4.78 is 68.5. The van der Waals surface area contributed by atoms with Gasteiger partial charge >= 0.3 is 6.18 Å². The molecule has 0 aliphatic carbocycles. The number of aryl methyl sites for hydroxylation is 1. The van der Waals surface area contributed by atoms with E-state index in [1.165, 1.54) is 13.0 Å².